The summed E-state index contributed by atoms with van der Waals surface area (Å²) in [4.78, 5) is 8.33. The lowest BCUT2D eigenvalue weighted by Crippen LogP contribution is -1.91. The van der Waals surface area contributed by atoms with E-state index < -0.39 is 0 Å². The first-order valence-corrected chi connectivity index (χ1v) is 8.36. The van der Waals surface area contributed by atoms with Gasteiger partial charge in [-0.15, -0.1) is 0 Å². The molecule has 0 unspecified atom stereocenters. The quantitative estimate of drug-likeness (QED) is 0.504. The van der Waals surface area contributed by atoms with E-state index in [4.69, 9.17) is 0 Å². The lowest BCUT2D eigenvalue weighted by Gasteiger charge is -2.03. The van der Waals surface area contributed by atoms with Crippen LogP contribution >= 0.6 is 0 Å². The van der Waals surface area contributed by atoms with Gasteiger partial charge in [-0.3, -0.25) is 0 Å². The maximum Gasteiger partial charge on any atom is 0.130 e. The second-order valence-corrected chi connectivity index (χ2v) is 5.41. The number of anilines is 4. The molecule has 2 aromatic heterocycles. The van der Waals surface area contributed by atoms with Gasteiger partial charge in [0.2, 0.25) is 0 Å². The second kappa shape index (κ2) is 9.59. The highest BCUT2D eigenvalue weighted by atomic mass is 15.0. The highest BCUT2D eigenvalue weighted by Crippen LogP contribution is 2.12. The van der Waals surface area contributed by atoms with E-state index in [2.05, 4.69) is 20.6 Å². The summed E-state index contributed by atoms with van der Waals surface area (Å²) in [5.74, 6) is 1.74. The predicted molar refractivity (Wildman–Crippen MR) is 108 cm³/mol. The molecule has 0 bridgehead atoms. The summed E-state index contributed by atoms with van der Waals surface area (Å²) < 4.78 is 0. The number of aromatic nitrogens is 2. The van der Waals surface area contributed by atoms with Crippen LogP contribution in [0.25, 0.3) is 0 Å². The molecule has 0 amide bonds. The molecule has 128 valence electrons. The van der Waals surface area contributed by atoms with Crippen molar-refractivity contribution in [1.82, 2.24) is 9.97 Å². The van der Waals surface area contributed by atoms with Gasteiger partial charge in [0.1, 0.15) is 11.6 Å². The summed E-state index contributed by atoms with van der Waals surface area (Å²) in [6, 6.07) is 31.6. The van der Waals surface area contributed by atoms with Crippen molar-refractivity contribution in [3.63, 3.8) is 0 Å². The topological polar surface area (TPSA) is 49.8 Å². The standard InChI is InChI=1S/2C11H10N2/c2*1-2-6-10(7-3-1)13-11-8-4-5-9-12-11/h2*1-9H,(H,12,13). The highest BCUT2D eigenvalue weighted by Gasteiger charge is 1.92. The maximum atomic E-state index is 4.16. The van der Waals surface area contributed by atoms with E-state index in [1.165, 1.54) is 0 Å². The molecule has 2 heterocycles. The molecule has 0 aliphatic carbocycles. The summed E-state index contributed by atoms with van der Waals surface area (Å²) in [5, 5.41) is 6.39. The lowest BCUT2D eigenvalue weighted by atomic mass is 10.3. The third-order valence-electron chi connectivity index (χ3n) is 3.42. The van der Waals surface area contributed by atoms with Gasteiger partial charge in [-0.1, -0.05) is 48.5 Å². The van der Waals surface area contributed by atoms with E-state index in [-0.39, 0.29) is 0 Å². The van der Waals surface area contributed by atoms with Gasteiger partial charge >= 0.3 is 0 Å². The normalized spacial score (nSPS) is 9.54. The van der Waals surface area contributed by atoms with Crippen LogP contribution < -0.4 is 10.6 Å². The van der Waals surface area contributed by atoms with Crippen LogP contribution in [0.5, 0.6) is 0 Å². The Morgan fingerprint density at radius 1 is 0.423 bits per heavy atom. The Bertz CT molecular complexity index is 715. The van der Waals surface area contributed by atoms with Crippen molar-refractivity contribution in [3.8, 4) is 0 Å². The van der Waals surface area contributed by atoms with Gasteiger partial charge in [-0.2, -0.15) is 0 Å². The SMILES string of the molecule is c1ccc(Nc2ccccn2)cc1.c1ccc(Nc2ccccn2)cc1. The van der Waals surface area contributed by atoms with E-state index in [0.717, 1.165) is 23.0 Å². The predicted octanol–water partition coefficient (Wildman–Crippen LogP) is 5.65. The molecule has 4 aromatic rings. The molecule has 0 radical (unpaired) electrons. The van der Waals surface area contributed by atoms with Crippen LogP contribution in [-0.2, 0) is 0 Å². The van der Waals surface area contributed by atoms with Crippen molar-refractivity contribution < 1.29 is 0 Å². The molecule has 4 heteroatoms. The fourth-order valence-electron chi connectivity index (χ4n) is 2.21. The van der Waals surface area contributed by atoms with E-state index >= 15 is 0 Å². The van der Waals surface area contributed by atoms with Crippen molar-refractivity contribution in [2.75, 3.05) is 10.6 Å². The number of pyridine rings is 2. The minimum Gasteiger partial charge on any atom is -0.340 e. The Morgan fingerprint density at radius 2 is 0.808 bits per heavy atom. The molecule has 26 heavy (non-hydrogen) atoms. The number of benzene rings is 2. The number of nitrogens with one attached hydrogen (secondary N) is 2. The highest BCUT2D eigenvalue weighted by molar-refractivity contribution is 5.55. The van der Waals surface area contributed by atoms with Crippen LogP contribution in [0.1, 0.15) is 0 Å². The average molecular weight is 340 g/mol. The molecule has 0 saturated heterocycles. The summed E-state index contributed by atoms with van der Waals surface area (Å²) in [7, 11) is 0. The van der Waals surface area contributed by atoms with Gasteiger partial charge in [0, 0.05) is 23.8 Å². The second-order valence-electron chi connectivity index (χ2n) is 5.41. The molecule has 0 atom stereocenters. The van der Waals surface area contributed by atoms with Crippen molar-refractivity contribution in [3.05, 3.63) is 109 Å². The van der Waals surface area contributed by atoms with Crippen LogP contribution in [0.15, 0.2) is 109 Å². The Kier molecular flexibility index (Phi) is 6.33. The first-order valence-electron chi connectivity index (χ1n) is 8.36. The average Bonchev–Trinajstić information content (AvgIpc) is 2.72. The molecular formula is C22H20N4. The minimum absolute atomic E-state index is 0.869. The summed E-state index contributed by atoms with van der Waals surface area (Å²) in [6.07, 6.45) is 3.54. The first kappa shape index (κ1) is 17.2. The zero-order chi connectivity index (χ0) is 17.9. The Hall–Kier alpha value is -3.66. The van der Waals surface area contributed by atoms with E-state index in [1.54, 1.807) is 12.4 Å². The van der Waals surface area contributed by atoms with E-state index in [1.807, 2.05) is 97.1 Å². The van der Waals surface area contributed by atoms with Gasteiger partial charge in [0.05, 0.1) is 0 Å². The Morgan fingerprint density at radius 3 is 1.15 bits per heavy atom. The summed E-state index contributed by atoms with van der Waals surface area (Å²) >= 11 is 0. The van der Waals surface area contributed by atoms with Crippen molar-refractivity contribution >= 4 is 23.0 Å². The fourth-order valence-corrected chi connectivity index (χ4v) is 2.21. The molecule has 4 rings (SSSR count). The first-order chi connectivity index (χ1) is 12.9. The summed E-state index contributed by atoms with van der Waals surface area (Å²) in [5.41, 5.74) is 2.11. The van der Waals surface area contributed by atoms with Gasteiger partial charge in [0.25, 0.3) is 0 Å². The largest absolute Gasteiger partial charge is 0.340 e. The van der Waals surface area contributed by atoms with Crippen LogP contribution in [0.4, 0.5) is 23.0 Å². The number of rotatable bonds is 4. The number of hydrogen-bond acceptors (Lipinski definition) is 4. The third kappa shape index (κ3) is 5.76. The molecule has 0 saturated carbocycles. The van der Waals surface area contributed by atoms with Gasteiger partial charge in [-0.05, 0) is 48.5 Å². The third-order valence-corrected chi connectivity index (χ3v) is 3.42. The lowest BCUT2D eigenvalue weighted by molar-refractivity contribution is 1.31. The van der Waals surface area contributed by atoms with E-state index in [9.17, 15) is 0 Å². The molecule has 4 nitrogen and oxygen atoms in total. The van der Waals surface area contributed by atoms with Crippen molar-refractivity contribution in [1.29, 1.82) is 0 Å². The zero-order valence-electron chi connectivity index (χ0n) is 14.3. The van der Waals surface area contributed by atoms with E-state index in [0.29, 0.717) is 0 Å². The van der Waals surface area contributed by atoms with Gasteiger partial charge < -0.3 is 10.6 Å². The summed E-state index contributed by atoms with van der Waals surface area (Å²) in [6.45, 7) is 0. The minimum atomic E-state index is 0.869. The molecule has 0 fully saturated rings. The number of para-hydroxylation sites is 2. The Balaban J connectivity index is 0.000000151. The van der Waals surface area contributed by atoms with Crippen molar-refractivity contribution in [2.24, 2.45) is 0 Å². The number of nitrogens with zero attached hydrogens (tertiary/aromatic N) is 2. The molecule has 2 N–H and O–H groups in total. The van der Waals surface area contributed by atoms with Gasteiger partial charge in [0.15, 0.2) is 0 Å². The molecule has 0 aliphatic rings. The maximum absolute atomic E-state index is 4.16. The van der Waals surface area contributed by atoms with Crippen LogP contribution in [0.2, 0.25) is 0 Å². The molecule has 0 spiro atoms. The van der Waals surface area contributed by atoms with Crippen LogP contribution in [0.3, 0.4) is 0 Å². The Labute approximate surface area is 153 Å². The smallest absolute Gasteiger partial charge is 0.130 e. The molecule has 2 aromatic carbocycles. The van der Waals surface area contributed by atoms with Crippen LogP contribution in [0, 0.1) is 0 Å². The molecule has 0 aliphatic heterocycles. The van der Waals surface area contributed by atoms with Gasteiger partial charge in [-0.25, -0.2) is 9.97 Å². The monoisotopic (exact) mass is 340 g/mol. The number of hydrogen-bond donors (Lipinski definition) is 2. The molecular weight excluding hydrogens is 320 g/mol. The van der Waals surface area contributed by atoms with Crippen molar-refractivity contribution in [2.45, 2.75) is 0 Å². The zero-order valence-corrected chi connectivity index (χ0v) is 14.3. The fraction of sp³-hybridized carbons (Fsp3) is 0. The van der Waals surface area contributed by atoms with Crippen LogP contribution in [-0.4, -0.2) is 9.97 Å².